The van der Waals surface area contributed by atoms with Gasteiger partial charge < -0.3 is 19.5 Å². The monoisotopic (exact) mass is 399 g/mol. The lowest BCUT2D eigenvalue weighted by atomic mass is 10.0. The Bertz CT molecular complexity index is 1050. The van der Waals surface area contributed by atoms with E-state index < -0.39 is 0 Å². The second kappa shape index (κ2) is 7.44. The lowest BCUT2D eigenvalue weighted by Crippen LogP contribution is -2.21. The van der Waals surface area contributed by atoms with E-state index >= 15 is 0 Å². The van der Waals surface area contributed by atoms with E-state index in [1.54, 1.807) is 23.0 Å². The van der Waals surface area contributed by atoms with Crippen molar-refractivity contribution in [2.24, 2.45) is 0 Å². The molecule has 0 unspecified atom stereocenters. The van der Waals surface area contributed by atoms with Crippen LogP contribution in [0.5, 0.6) is 17.2 Å². The molecule has 1 amide bonds. The van der Waals surface area contributed by atoms with Gasteiger partial charge in [-0.2, -0.15) is 5.10 Å². The number of anilines is 1. The number of para-hydroxylation sites is 1. The Morgan fingerprint density at radius 1 is 1.25 bits per heavy atom. The molecule has 0 fully saturated rings. The van der Waals surface area contributed by atoms with Crippen molar-refractivity contribution in [2.45, 2.75) is 13.2 Å². The minimum atomic E-state index is -0.255. The normalized spacial score (nSPS) is 11.8. The summed E-state index contributed by atoms with van der Waals surface area (Å²) in [5.41, 5.74) is 3.20. The molecule has 0 saturated heterocycles. The van der Waals surface area contributed by atoms with E-state index in [9.17, 15) is 4.79 Å². The molecule has 8 heteroatoms. The van der Waals surface area contributed by atoms with Crippen LogP contribution in [0.15, 0.2) is 42.6 Å². The van der Waals surface area contributed by atoms with Gasteiger partial charge in [-0.25, -0.2) is 0 Å². The second-order valence-corrected chi connectivity index (χ2v) is 6.60. The summed E-state index contributed by atoms with van der Waals surface area (Å²) >= 11 is 6.17. The number of carbonyl (C=O) groups is 1. The Morgan fingerprint density at radius 3 is 2.82 bits per heavy atom. The number of aromatic nitrogens is 2. The molecule has 144 valence electrons. The maximum Gasteiger partial charge on any atom is 0.246 e. The largest absolute Gasteiger partial charge is 0.495 e. The molecule has 0 spiro atoms. The van der Waals surface area contributed by atoms with Gasteiger partial charge in [0.15, 0.2) is 0 Å². The van der Waals surface area contributed by atoms with Crippen LogP contribution in [-0.2, 0) is 17.9 Å². The van der Waals surface area contributed by atoms with Crippen molar-refractivity contribution >= 4 is 23.2 Å². The highest BCUT2D eigenvalue weighted by atomic mass is 35.5. The number of rotatable bonds is 5. The third-order valence-electron chi connectivity index (χ3n) is 4.48. The summed E-state index contributed by atoms with van der Waals surface area (Å²) in [5.74, 6) is 1.44. The number of nitrogens with zero attached hydrogens (tertiary/aromatic N) is 2. The number of hydrogen-bond donors (Lipinski definition) is 1. The Hall–Kier alpha value is -3.19. The van der Waals surface area contributed by atoms with Crippen LogP contribution in [0, 0.1) is 0 Å². The van der Waals surface area contributed by atoms with Gasteiger partial charge in [0.05, 0.1) is 36.8 Å². The number of benzene rings is 2. The molecule has 0 bridgehead atoms. The fourth-order valence-corrected chi connectivity index (χ4v) is 3.43. The lowest BCUT2D eigenvalue weighted by molar-refractivity contribution is -0.116. The summed E-state index contributed by atoms with van der Waals surface area (Å²) < 4.78 is 17.9. The summed E-state index contributed by atoms with van der Waals surface area (Å²) in [4.78, 5) is 12.7. The molecular weight excluding hydrogens is 382 g/mol. The maximum atomic E-state index is 12.7. The molecule has 0 atom stereocenters. The topological polar surface area (TPSA) is 74.6 Å². The van der Waals surface area contributed by atoms with Crippen molar-refractivity contribution in [2.75, 3.05) is 19.5 Å². The number of ether oxygens (including phenoxy) is 3. The molecule has 2 heterocycles. The predicted octanol–water partition coefficient (Wildman–Crippen LogP) is 3.75. The first-order valence-electron chi connectivity index (χ1n) is 8.59. The van der Waals surface area contributed by atoms with Crippen molar-refractivity contribution in [3.05, 3.63) is 53.2 Å². The van der Waals surface area contributed by atoms with Gasteiger partial charge >= 0.3 is 0 Å². The molecular formula is C20H18ClN3O4. The van der Waals surface area contributed by atoms with Crippen LogP contribution in [0.25, 0.3) is 11.3 Å². The van der Waals surface area contributed by atoms with Crippen LogP contribution in [0.3, 0.4) is 0 Å². The zero-order valence-corrected chi connectivity index (χ0v) is 16.1. The number of halogens is 1. The molecule has 0 saturated carbocycles. The second-order valence-electron chi connectivity index (χ2n) is 6.20. The average molecular weight is 400 g/mol. The summed E-state index contributed by atoms with van der Waals surface area (Å²) in [6.45, 7) is 0.465. The standard InChI is InChI=1S/C20H18ClN3O4/c1-26-17-8-18(27-2)15(7-14(17)21)23-19(25)10-24-20-12(9-22-24)11-28-16-6-4-3-5-13(16)20/h3-9H,10-11H2,1-2H3,(H,23,25). The van der Waals surface area contributed by atoms with Gasteiger partial charge in [-0.05, 0) is 18.2 Å². The van der Waals surface area contributed by atoms with Gasteiger partial charge in [0.25, 0.3) is 0 Å². The van der Waals surface area contributed by atoms with Crippen molar-refractivity contribution in [1.82, 2.24) is 9.78 Å². The Labute approximate surface area is 166 Å². The highest BCUT2D eigenvalue weighted by molar-refractivity contribution is 6.32. The van der Waals surface area contributed by atoms with E-state index in [1.807, 2.05) is 24.3 Å². The highest BCUT2D eigenvalue weighted by Gasteiger charge is 2.23. The van der Waals surface area contributed by atoms with Gasteiger partial charge in [-0.1, -0.05) is 23.7 Å². The summed E-state index contributed by atoms with van der Waals surface area (Å²) in [7, 11) is 3.03. The summed E-state index contributed by atoms with van der Waals surface area (Å²) in [6.07, 6.45) is 1.73. The molecule has 7 nitrogen and oxygen atoms in total. The third kappa shape index (κ3) is 3.25. The van der Waals surface area contributed by atoms with Crippen molar-refractivity contribution in [3.63, 3.8) is 0 Å². The minimum Gasteiger partial charge on any atom is -0.495 e. The molecule has 2 aromatic carbocycles. The lowest BCUT2D eigenvalue weighted by Gasteiger charge is -2.19. The van der Waals surface area contributed by atoms with E-state index in [4.69, 9.17) is 25.8 Å². The van der Waals surface area contributed by atoms with Gasteiger partial charge in [0.1, 0.15) is 30.4 Å². The van der Waals surface area contributed by atoms with Gasteiger partial charge in [-0.15, -0.1) is 0 Å². The van der Waals surface area contributed by atoms with Crippen LogP contribution >= 0.6 is 11.6 Å². The van der Waals surface area contributed by atoms with E-state index in [-0.39, 0.29) is 12.5 Å². The Kier molecular flexibility index (Phi) is 4.83. The number of methoxy groups -OCH3 is 2. The quantitative estimate of drug-likeness (QED) is 0.707. The van der Waals surface area contributed by atoms with Crippen molar-refractivity contribution in [1.29, 1.82) is 0 Å². The molecule has 28 heavy (non-hydrogen) atoms. The van der Waals surface area contributed by atoms with E-state index in [0.29, 0.717) is 28.8 Å². The van der Waals surface area contributed by atoms with E-state index in [0.717, 1.165) is 22.6 Å². The number of hydrogen-bond acceptors (Lipinski definition) is 5. The molecule has 0 radical (unpaired) electrons. The molecule has 0 aliphatic carbocycles. The van der Waals surface area contributed by atoms with Gasteiger partial charge in [0.2, 0.25) is 5.91 Å². The smallest absolute Gasteiger partial charge is 0.246 e. The van der Waals surface area contributed by atoms with Gasteiger partial charge in [-0.3, -0.25) is 9.48 Å². The van der Waals surface area contributed by atoms with Crippen molar-refractivity contribution in [3.8, 4) is 28.5 Å². The first-order chi connectivity index (χ1) is 13.6. The van der Waals surface area contributed by atoms with Crippen LogP contribution in [-0.4, -0.2) is 29.9 Å². The molecule has 3 aromatic rings. The summed E-state index contributed by atoms with van der Waals surface area (Å²) in [6, 6.07) is 10.9. The van der Waals surface area contributed by atoms with Crippen LogP contribution < -0.4 is 19.5 Å². The molecule has 1 aliphatic heterocycles. The molecule has 1 aliphatic rings. The third-order valence-corrected chi connectivity index (χ3v) is 4.78. The molecule has 1 aromatic heterocycles. The predicted molar refractivity (Wildman–Crippen MR) is 105 cm³/mol. The number of carbonyl (C=O) groups excluding carboxylic acids is 1. The van der Waals surface area contributed by atoms with Crippen LogP contribution in [0.1, 0.15) is 5.56 Å². The minimum absolute atomic E-state index is 0.0382. The van der Waals surface area contributed by atoms with E-state index in [1.165, 1.54) is 14.2 Å². The fourth-order valence-electron chi connectivity index (χ4n) is 3.19. The number of nitrogens with one attached hydrogen (secondary N) is 1. The first kappa shape index (κ1) is 18.2. The van der Waals surface area contributed by atoms with Crippen LogP contribution in [0.4, 0.5) is 5.69 Å². The first-order valence-corrected chi connectivity index (χ1v) is 8.96. The van der Waals surface area contributed by atoms with Gasteiger partial charge in [0, 0.05) is 17.2 Å². The maximum absolute atomic E-state index is 12.7. The number of fused-ring (bicyclic) bond motifs is 3. The highest BCUT2D eigenvalue weighted by Crippen LogP contribution is 2.38. The fraction of sp³-hybridized carbons (Fsp3) is 0.200. The Balaban J connectivity index is 1.59. The molecule has 1 N–H and O–H groups in total. The SMILES string of the molecule is COc1cc(OC)c(NC(=O)Cn2ncc3c2-c2ccccc2OC3)cc1Cl. The molecule has 4 rings (SSSR count). The average Bonchev–Trinajstić information content (AvgIpc) is 3.11. The summed E-state index contributed by atoms with van der Waals surface area (Å²) in [5, 5.41) is 7.57. The van der Waals surface area contributed by atoms with Crippen LogP contribution in [0.2, 0.25) is 5.02 Å². The number of amides is 1. The van der Waals surface area contributed by atoms with Crippen molar-refractivity contribution < 1.29 is 19.0 Å². The zero-order chi connectivity index (χ0) is 19.7. The Morgan fingerprint density at radius 2 is 2.04 bits per heavy atom. The van der Waals surface area contributed by atoms with E-state index in [2.05, 4.69) is 10.4 Å². The zero-order valence-electron chi connectivity index (χ0n) is 15.4.